The lowest BCUT2D eigenvalue weighted by Gasteiger charge is -2.30. The molecule has 0 spiro atoms. The number of carboxylic acid groups (broad SMARTS) is 1. The molecule has 0 amide bonds. The lowest BCUT2D eigenvalue weighted by atomic mass is 10.1. The summed E-state index contributed by atoms with van der Waals surface area (Å²) in [6.07, 6.45) is 4.77. The highest BCUT2D eigenvalue weighted by molar-refractivity contribution is 6.35. The molecule has 1 saturated heterocycles. The first-order chi connectivity index (χ1) is 16.2. The highest BCUT2D eigenvalue weighted by Crippen LogP contribution is 2.40. The van der Waals surface area contributed by atoms with Crippen molar-refractivity contribution in [3.05, 3.63) is 97.7 Å². The van der Waals surface area contributed by atoms with Gasteiger partial charge >= 0.3 is 0 Å². The van der Waals surface area contributed by atoms with Crippen molar-refractivity contribution in [3.8, 4) is 5.75 Å². The number of hydrogen-bond donors (Lipinski definition) is 0. The van der Waals surface area contributed by atoms with E-state index in [2.05, 4.69) is 4.98 Å². The summed E-state index contributed by atoms with van der Waals surface area (Å²) < 4.78 is 20.0. The highest BCUT2D eigenvalue weighted by Gasteiger charge is 2.45. The van der Waals surface area contributed by atoms with Crippen LogP contribution in [0.1, 0.15) is 15.9 Å². The third-order valence-electron chi connectivity index (χ3n) is 4.68. The molecule has 180 valence electrons. The molecule has 1 aromatic heterocycles. The Morgan fingerprint density at radius 1 is 1.24 bits per heavy atom. The topological polar surface area (TPSA) is 152 Å². The summed E-state index contributed by atoms with van der Waals surface area (Å²) in [6, 6.07) is 11.1. The van der Waals surface area contributed by atoms with Crippen LogP contribution < -0.4 is 9.84 Å². The van der Waals surface area contributed by atoms with E-state index in [1.807, 2.05) is 4.57 Å². The third-order valence-corrected chi connectivity index (χ3v) is 5.22. The lowest BCUT2D eigenvalue weighted by Crippen LogP contribution is -2.34. The third kappa shape index (κ3) is 6.58. The molecule has 0 saturated carbocycles. The summed E-state index contributed by atoms with van der Waals surface area (Å²) >= 11 is 12.5. The maximum atomic E-state index is 10.9. The fourth-order valence-corrected chi connectivity index (χ4v) is 3.80. The predicted molar refractivity (Wildman–Crippen MR) is 118 cm³/mol. The van der Waals surface area contributed by atoms with Crippen molar-refractivity contribution < 1.29 is 29.2 Å². The maximum absolute atomic E-state index is 10.9. The minimum absolute atomic E-state index is 0.0829. The smallest absolute Gasteiger partial charge is 0.215 e. The van der Waals surface area contributed by atoms with Gasteiger partial charge in [-0.05, 0) is 42.0 Å². The zero-order valence-electron chi connectivity index (χ0n) is 17.3. The number of aromatic carboxylic acids is 1. The van der Waals surface area contributed by atoms with E-state index in [1.54, 1.807) is 49.1 Å². The number of carboxylic acids is 1. The van der Waals surface area contributed by atoms with E-state index in [4.69, 9.17) is 52.7 Å². The van der Waals surface area contributed by atoms with Gasteiger partial charge in [0.15, 0.2) is 0 Å². The molecule has 2 aromatic carbocycles. The van der Waals surface area contributed by atoms with Crippen LogP contribution in [-0.4, -0.2) is 39.9 Å². The molecule has 11 nitrogen and oxygen atoms in total. The Kier molecular flexibility index (Phi) is 8.29. The number of carbonyl (C=O) groups excluding carboxylic acids is 1. The van der Waals surface area contributed by atoms with Crippen molar-refractivity contribution in [2.45, 2.75) is 18.4 Å². The number of rotatable bonds is 7. The molecule has 0 N–H and O–H groups in total. The van der Waals surface area contributed by atoms with Crippen LogP contribution >= 0.6 is 23.2 Å². The van der Waals surface area contributed by atoms with Gasteiger partial charge in [-0.2, -0.15) is 0 Å². The van der Waals surface area contributed by atoms with Gasteiger partial charge in [-0.1, -0.05) is 29.3 Å². The van der Waals surface area contributed by atoms with E-state index in [0.29, 0.717) is 27.9 Å². The van der Waals surface area contributed by atoms with Crippen LogP contribution in [0.2, 0.25) is 10.0 Å². The number of imidazole rings is 1. The molecule has 3 aromatic rings. The van der Waals surface area contributed by atoms with Gasteiger partial charge in [-0.25, -0.2) is 4.98 Å². The number of aromatic nitrogens is 2. The van der Waals surface area contributed by atoms with Crippen LogP contribution in [0.15, 0.2) is 61.2 Å². The molecular weight excluding hydrogens is 493 g/mol. The molecule has 34 heavy (non-hydrogen) atoms. The fourth-order valence-electron chi connectivity index (χ4n) is 3.25. The Hall–Kier alpha value is -3.38. The van der Waals surface area contributed by atoms with E-state index < -0.39 is 16.8 Å². The summed E-state index contributed by atoms with van der Waals surface area (Å²) in [6.45, 7) is 0.831. The molecule has 13 heteroatoms. The van der Waals surface area contributed by atoms with Gasteiger partial charge in [0.2, 0.25) is 5.79 Å². The van der Waals surface area contributed by atoms with Crippen LogP contribution in [0.25, 0.3) is 0 Å². The highest BCUT2D eigenvalue weighted by atomic mass is 35.5. The molecule has 1 aliphatic heterocycles. The quantitative estimate of drug-likeness (QED) is 0.345. The maximum Gasteiger partial charge on any atom is 0.215 e. The monoisotopic (exact) mass is 509 g/mol. The molecule has 2 atom stereocenters. The SMILES string of the molecule is O=C([O-])c1ccc(OCC2COC(Cn3ccnc3)(c3ccc(Cl)cc3Cl)O2)cc1.O=[N+]([O-])[O-]. The largest absolute Gasteiger partial charge is 0.545 e. The molecule has 1 aliphatic rings. The van der Waals surface area contributed by atoms with Crippen LogP contribution in [-0.2, 0) is 21.8 Å². The van der Waals surface area contributed by atoms with E-state index in [9.17, 15) is 9.90 Å². The number of hydrogen-bond acceptors (Lipinski definition) is 9. The first-order valence-corrected chi connectivity index (χ1v) is 10.4. The zero-order valence-corrected chi connectivity index (χ0v) is 18.8. The Balaban J connectivity index is 0.000000751. The van der Waals surface area contributed by atoms with Gasteiger partial charge in [0, 0.05) is 23.0 Å². The zero-order chi connectivity index (χ0) is 24.7. The number of halogens is 2. The second-order valence-electron chi connectivity index (χ2n) is 7.01. The van der Waals surface area contributed by atoms with Gasteiger partial charge in [-0.3, -0.25) is 0 Å². The van der Waals surface area contributed by atoms with Gasteiger partial charge in [-0.15, -0.1) is 0 Å². The molecular formula is C21H17Cl2N3O8-2. The van der Waals surface area contributed by atoms with Crippen molar-refractivity contribution in [2.24, 2.45) is 0 Å². The summed E-state index contributed by atoms with van der Waals surface area (Å²) in [5.74, 6) is -1.85. The summed E-state index contributed by atoms with van der Waals surface area (Å²) in [7, 11) is 0. The van der Waals surface area contributed by atoms with Crippen LogP contribution in [0.4, 0.5) is 0 Å². The molecule has 4 rings (SSSR count). The van der Waals surface area contributed by atoms with Crippen LogP contribution in [0.5, 0.6) is 5.75 Å². The minimum Gasteiger partial charge on any atom is -0.545 e. The summed E-state index contributed by atoms with van der Waals surface area (Å²) in [5.41, 5.74) is 0.739. The van der Waals surface area contributed by atoms with Crippen molar-refractivity contribution in [1.82, 2.24) is 9.55 Å². The number of ether oxygens (including phenoxy) is 3. The minimum atomic E-state index is -1.75. The number of nitrogens with zero attached hydrogens (tertiary/aromatic N) is 3. The summed E-state index contributed by atoms with van der Waals surface area (Å²) in [5, 5.41) is 26.5. The van der Waals surface area contributed by atoms with Crippen molar-refractivity contribution in [2.75, 3.05) is 13.2 Å². The van der Waals surface area contributed by atoms with Crippen molar-refractivity contribution in [1.29, 1.82) is 0 Å². The predicted octanol–water partition coefficient (Wildman–Crippen LogP) is 2.66. The molecule has 1 fully saturated rings. The second-order valence-corrected chi connectivity index (χ2v) is 7.85. The Morgan fingerprint density at radius 3 is 2.53 bits per heavy atom. The number of carbonyl (C=O) groups is 1. The van der Waals surface area contributed by atoms with E-state index in [1.165, 1.54) is 12.1 Å². The fraction of sp³-hybridized carbons (Fsp3) is 0.238. The lowest BCUT2D eigenvalue weighted by molar-refractivity contribution is -0.402. The molecule has 0 bridgehead atoms. The Morgan fingerprint density at radius 2 is 1.94 bits per heavy atom. The van der Waals surface area contributed by atoms with Gasteiger partial charge in [0.1, 0.15) is 18.5 Å². The van der Waals surface area contributed by atoms with Crippen molar-refractivity contribution in [3.63, 3.8) is 0 Å². The molecule has 0 aliphatic carbocycles. The van der Waals surface area contributed by atoms with Crippen molar-refractivity contribution >= 4 is 29.2 Å². The Labute approximate surface area is 203 Å². The van der Waals surface area contributed by atoms with E-state index in [0.717, 1.165) is 0 Å². The first kappa shape index (κ1) is 25.2. The van der Waals surface area contributed by atoms with E-state index in [-0.39, 0.29) is 24.9 Å². The molecule has 2 unspecified atom stereocenters. The van der Waals surface area contributed by atoms with E-state index >= 15 is 0 Å². The summed E-state index contributed by atoms with van der Waals surface area (Å²) in [4.78, 5) is 23.2. The average Bonchev–Trinajstić information content (AvgIpc) is 3.43. The Bertz CT molecular complexity index is 1120. The van der Waals surface area contributed by atoms with Gasteiger partial charge in [0.05, 0.1) is 35.6 Å². The van der Waals surface area contributed by atoms with Crippen LogP contribution in [0, 0.1) is 15.3 Å². The molecule has 2 heterocycles. The van der Waals surface area contributed by atoms with Crippen LogP contribution in [0.3, 0.4) is 0 Å². The van der Waals surface area contributed by atoms with Gasteiger partial charge < -0.3 is 44.0 Å². The first-order valence-electron chi connectivity index (χ1n) is 9.67. The normalized spacial score (nSPS) is 19.2. The standard InChI is InChI=1S/C21H18Cl2N2O5.NO3/c22-15-3-6-18(19(23)9-15)21(12-25-8-7-24-13-25)29-11-17(30-21)10-28-16-4-1-14(2-5-16)20(26)27;2-1(3)4/h1-9,13,17H,10-12H2,(H,26,27);/q;-1/p-1. The average molecular weight is 510 g/mol. The van der Waals surface area contributed by atoms with Gasteiger partial charge in [0.25, 0.3) is 0 Å². The second kappa shape index (κ2) is 11.2. The number of benzene rings is 2. The molecule has 0 radical (unpaired) electrons.